The van der Waals surface area contributed by atoms with Gasteiger partial charge in [0.15, 0.2) is 0 Å². The molecule has 0 amide bonds. The normalized spacial score (nSPS) is 15.2. The molecule has 0 aromatic rings. The molecule has 0 spiro atoms. The van der Waals surface area contributed by atoms with Crippen LogP contribution in [0.1, 0.15) is 26.2 Å². The smallest absolute Gasteiger partial charge is 0.217 e. The summed E-state index contributed by atoms with van der Waals surface area (Å²) < 4.78 is 110. The van der Waals surface area contributed by atoms with E-state index in [0.29, 0.717) is 0 Å². The van der Waals surface area contributed by atoms with Gasteiger partial charge in [0.2, 0.25) is 0 Å². The van der Waals surface area contributed by atoms with Crippen LogP contribution < -0.4 is 0 Å². The highest BCUT2D eigenvalue weighted by molar-refractivity contribution is 5.05. The van der Waals surface area contributed by atoms with Gasteiger partial charge in [0.1, 0.15) is 0 Å². The minimum absolute atomic E-state index is 0.0820. The fourth-order valence-corrected chi connectivity index (χ4v) is 1.15. The van der Waals surface area contributed by atoms with Crippen LogP contribution in [0.2, 0.25) is 0 Å². The molecule has 0 N–H and O–H groups in total. The molecule has 9 heteroatoms. The van der Waals surface area contributed by atoms with E-state index in [9.17, 15) is 39.5 Å². The zero-order valence-electron chi connectivity index (χ0n) is 8.52. The maximum atomic E-state index is 12.9. The first-order valence-electron chi connectivity index (χ1n) is 4.51. The molecule has 0 saturated carbocycles. The Kier molecular flexibility index (Phi) is 4.40. The molecule has 0 aliphatic carbocycles. The van der Waals surface area contributed by atoms with Crippen molar-refractivity contribution >= 4 is 0 Å². The lowest BCUT2D eigenvalue weighted by Gasteiger charge is -2.36. The summed E-state index contributed by atoms with van der Waals surface area (Å²) in [6.45, 7) is 1.27. The maximum Gasteiger partial charge on any atom is 0.437 e. The molecule has 0 aliphatic rings. The molecule has 104 valence electrons. The molecule has 0 aromatic carbocycles. The van der Waals surface area contributed by atoms with Crippen LogP contribution in [0.25, 0.3) is 0 Å². The third kappa shape index (κ3) is 2.79. The van der Waals surface area contributed by atoms with Gasteiger partial charge in [-0.1, -0.05) is 13.3 Å². The minimum Gasteiger partial charge on any atom is -0.217 e. The summed E-state index contributed by atoms with van der Waals surface area (Å²) in [5, 5.41) is 0. The molecule has 0 aliphatic heterocycles. The Bertz CT molecular complexity index is 235. The van der Waals surface area contributed by atoms with Crippen LogP contribution in [0.4, 0.5) is 39.5 Å². The predicted octanol–water partition coefficient (Wildman–Crippen LogP) is 4.64. The van der Waals surface area contributed by atoms with E-state index < -0.39 is 36.8 Å². The van der Waals surface area contributed by atoms with E-state index in [2.05, 4.69) is 0 Å². The molecule has 0 radical (unpaired) electrons. The fourth-order valence-electron chi connectivity index (χ4n) is 1.15. The monoisotopic (exact) mass is 276 g/mol. The summed E-state index contributed by atoms with van der Waals surface area (Å²) in [7, 11) is 0. The Balaban J connectivity index is 5.49. The summed E-state index contributed by atoms with van der Waals surface area (Å²) in [5.74, 6) is -5.54. The van der Waals surface area contributed by atoms with Crippen LogP contribution >= 0.6 is 0 Å². The molecule has 0 rings (SSSR count). The highest BCUT2D eigenvalue weighted by atomic mass is 19.4. The van der Waals surface area contributed by atoms with Gasteiger partial charge in [-0.3, -0.25) is 0 Å². The van der Waals surface area contributed by atoms with Crippen LogP contribution in [0.5, 0.6) is 0 Å². The first-order chi connectivity index (χ1) is 7.31. The van der Waals surface area contributed by atoms with Crippen molar-refractivity contribution in [2.24, 2.45) is 0 Å². The average Bonchev–Trinajstić information content (AvgIpc) is 2.09. The van der Waals surface area contributed by atoms with Gasteiger partial charge in [-0.05, 0) is 6.42 Å². The molecule has 0 bridgehead atoms. The largest absolute Gasteiger partial charge is 0.437 e. The molecular weight excluding hydrogens is 267 g/mol. The molecule has 0 saturated heterocycles. The topological polar surface area (TPSA) is 0 Å². The molecule has 0 fully saturated rings. The number of unbranched alkanes of at least 4 members (excludes halogenated alkanes) is 1. The highest BCUT2D eigenvalue weighted by Crippen LogP contribution is 2.55. The quantitative estimate of drug-likeness (QED) is 0.656. The molecule has 0 heterocycles. The molecule has 0 aromatic heterocycles. The van der Waals surface area contributed by atoms with E-state index in [1.807, 2.05) is 0 Å². The van der Waals surface area contributed by atoms with Crippen molar-refractivity contribution in [2.45, 2.75) is 50.1 Å². The zero-order valence-corrected chi connectivity index (χ0v) is 8.52. The third-order valence-corrected chi connectivity index (χ3v) is 2.13. The van der Waals surface area contributed by atoms with Crippen molar-refractivity contribution < 1.29 is 39.5 Å². The Labute approximate surface area is 90.8 Å². The van der Waals surface area contributed by atoms with Gasteiger partial charge in [-0.25, -0.2) is 13.2 Å². The van der Waals surface area contributed by atoms with Crippen molar-refractivity contribution in [1.82, 2.24) is 0 Å². The number of alkyl halides is 9. The third-order valence-electron chi connectivity index (χ3n) is 2.13. The van der Waals surface area contributed by atoms with Crippen LogP contribution in [0, 0.1) is 0 Å². The van der Waals surface area contributed by atoms with E-state index in [0.717, 1.165) is 0 Å². The van der Waals surface area contributed by atoms with Gasteiger partial charge in [0.25, 0.3) is 5.92 Å². The first kappa shape index (κ1) is 16.4. The van der Waals surface area contributed by atoms with E-state index in [1.54, 1.807) is 0 Å². The van der Waals surface area contributed by atoms with E-state index in [1.165, 1.54) is 6.92 Å². The molecule has 0 unspecified atom stereocenters. The molecular formula is C8H9F9. The lowest BCUT2D eigenvalue weighted by atomic mass is 9.92. The Morgan fingerprint density at radius 1 is 0.706 bits per heavy atom. The van der Waals surface area contributed by atoms with Crippen molar-refractivity contribution in [1.29, 1.82) is 0 Å². The first-order valence-corrected chi connectivity index (χ1v) is 4.51. The summed E-state index contributed by atoms with van der Waals surface area (Å²) in [6, 6.07) is 0. The Hall–Kier alpha value is -0.630. The van der Waals surface area contributed by atoms with E-state index in [4.69, 9.17) is 0 Å². The van der Waals surface area contributed by atoms with Gasteiger partial charge < -0.3 is 0 Å². The summed E-state index contributed by atoms with van der Waals surface area (Å²) in [6.07, 6.45) is -16.0. The number of hydrogen-bond donors (Lipinski definition) is 0. The molecule has 0 nitrogen and oxygen atoms in total. The van der Waals surface area contributed by atoms with Crippen molar-refractivity contribution in [3.63, 3.8) is 0 Å². The summed E-state index contributed by atoms with van der Waals surface area (Å²) in [5.41, 5.74) is -6.51. The Morgan fingerprint density at radius 2 is 1.06 bits per heavy atom. The van der Waals surface area contributed by atoms with Gasteiger partial charge >= 0.3 is 18.0 Å². The van der Waals surface area contributed by atoms with Crippen LogP contribution in [-0.2, 0) is 0 Å². The standard InChI is InChI=1S/C8H9F9/c1-2-3-4-5(9,10)6(11,7(12,13)14)8(15,16)17/h2-4H2,1H3. The maximum absolute atomic E-state index is 12.9. The number of hydrogen-bond acceptors (Lipinski definition) is 0. The second-order valence-electron chi connectivity index (χ2n) is 3.46. The summed E-state index contributed by atoms with van der Waals surface area (Å²) in [4.78, 5) is 0. The average molecular weight is 276 g/mol. The second-order valence-corrected chi connectivity index (χ2v) is 3.46. The van der Waals surface area contributed by atoms with Crippen LogP contribution in [0.3, 0.4) is 0 Å². The van der Waals surface area contributed by atoms with E-state index >= 15 is 0 Å². The fraction of sp³-hybridized carbons (Fsp3) is 1.00. The zero-order chi connectivity index (χ0) is 14.1. The molecule has 0 atom stereocenters. The van der Waals surface area contributed by atoms with Gasteiger partial charge in [0.05, 0.1) is 0 Å². The highest BCUT2D eigenvalue weighted by Gasteiger charge is 2.83. The van der Waals surface area contributed by atoms with Crippen molar-refractivity contribution in [3.05, 3.63) is 0 Å². The second kappa shape index (κ2) is 4.56. The van der Waals surface area contributed by atoms with E-state index in [-0.39, 0.29) is 6.42 Å². The molecule has 17 heavy (non-hydrogen) atoms. The minimum atomic E-state index is -6.72. The van der Waals surface area contributed by atoms with Gasteiger partial charge in [0, 0.05) is 6.42 Å². The Morgan fingerprint density at radius 3 is 1.29 bits per heavy atom. The van der Waals surface area contributed by atoms with Crippen molar-refractivity contribution in [3.8, 4) is 0 Å². The predicted molar refractivity (Wildman–Crippen MR) is 40.4 cm³/mol. The SMILES string of the molecule is CCCCC(F)(F)C(F)(C(F)(F)F)C(F)(F)F. The van der Waals surface area contributed by atoms with Crippen molar-refractivity contribution in [2.75, 3.05) is 0 Å². The van der Waals surface area contributed by atoms with Crippen LogP contribution in [-0.4, -0.2) is 23.9 Å². The lowest BCUT2D eigenvalue weighted by molar-refractivity contribution is -0.397. The van der Waals surface area contributed by atoms with Gasteiger partial charge in [-0.15, -0.1) is 0 Å². The number of rotatable bonds is 4. The van der Waals surface area contributed by atoms with Crippen LogP contribution in [0.15, 0.2) is 0 Å². The number of halogens is 9. The summed E-state index contributed by atoms with van der Waals surface area (Å²) >= 11 is 0. The lowest BCUT2D eigenvalue weighted by Crippen LogP contribution is -2.64. The van der Waals surface area contributed by atoms with Gasteiger partial charge in [-0.2, -0.15) is 26.3 Å².